The van der Waals surface area contributed by atoms with Crippen molar-refractivity contribution in [1.82, 2.24) is 5.32 Å². The van der Waals surface area contributed by atoms with Gasteiger partial charge in [0.2, 0.25) is 0 Å². The van der Waals surface area contributed by atoms with E-state index >= 15 is 0 Å². The van der Waals surface area contributed by atoms with Gasteiger partial charge in [0.05, 0.1) is 16.6 Å². The molecule has 0 spiro atoms. The van der Waals surface area contributed by atoms with E-state index in [0.29, 0.717) is 15.9 Å². The minimum atomic E-state index is -1.30. The van der Waals surface area contributed by atoms with Crippen molar-refractivity contribution in [3.05, 3.63) is 65.7 Å². The van der Waals surface area contributed by atoms with Gasteiger partial charge in [-0.15, -0.1) is 0 Å². The first-order chi connectivity index (χ1) is 14.0. The van der Waals surface area contributed by atoms with Crippen molar-refractivity contribution in [3.63, 3.8) is 0 Å². The Morgan fingerprint density at radius 2 is 1.79 bits per heavy atom. The van der Waals surface area contributed by atoms with Gasteiger partial charge >= 0.3 is 0 Å². The lowest BCUT2D eigenvalue weighted by Gasteiger charge is -2.22. The Morgan fingerprint density at radius 1 is 1.10 bits per heavy atom. The smallest absolute Gasteiger partial charge is 0.194 e. The first-order valence-electron chi connectivity index (χ1n) is 10.1. The van der Waals surface area contributed by atoms with Crippen LogP contribution in [0.3, 0.4) is 0 Å². The van der Waals surface area contributed by atoms with E-state index in [2.05, 4.69) is 30.3 Å². The summed E-state index contributed by atoms with van der Waals surface area (Å²) in [6.45, 7) is 5.17. The molecule has 29 heavy (non-hydrogen) atoms. The van der Waals surface area contributed by atoms with Crippen molar-refractivity contribution in [1.29, 1.82) is 0 Å². The highest BCUT2D eigenvalue weighted by atomic mass is 32.2. The van der Waals surface area contributed by atoms with Gasteiger partial charge in [-0.25, -0.2) is 4.99 Å². The SMILES string of the molecule is CCCCCN(C)c1ccccc1CS(=O)C1=NC(C)(c2ccccc2)C(=S)N1. The summed E-state index contributed by atoms with van der Waals surface area (Å²) in [4.78, 5) is 7.60. The average molecular weight is 428 g/mol. The Kier molecular flexibility index (Phi) is 7.19. The van der Waals surface area contributed by atoms with Crippen LogP contribution < -0.4 is 10.2 Å². The first kappa shape index (κ1) is 21.7. The second-order valence-electron chi connectivity index (χ2n) is 7.56. The van der Waals surface area contributed by atoms with Crippen LogP contribution in [0.15, 0.2) is 59.6 Å². The lowest BCUT2D eigenvalue weighted by Crippen LogP contribution is -2.34. The maximum absolute atomic E-state index is 13.2. The maximum atomic E-state index is 13.2. The molecule has 0 fully saturated rings. The minimum absolute atomic E-state index is 0.410. The molecule has 1 aliphatic heterocycles. The molecule has 0 saturated carbocycles. The lowest BCUT2D eigenvalue weighted by molar-refractivity contribution is 0.686. The van der Waals surface area contributed by atoms with Crippen molar-refractivity contribution >= 4 is 38.9 Å². The zero-order valence-electron chi connectivity index (χ0n) is 17.4. The van der Waals surface area contributed by atoms with Gasteiger partial charge in [0, 0.05) is 19.3 Å². The van der Waals surface area contributed by atoms with Crippen LogP contribution in [0.5, 0.6) is 0 Å². The number of unbranched alkanes of at least 4 members (excludes halogenated alkanes) is 2. The molecule has 154 valence electrons. The van der Waals surface area contributed by atoms with E-state index in [1.165, 1.54) is 12.8 Å². The highest BCUT2D eigenvalue weighted by Gasteiger charge is 2.38. The van der Waals surface area contributed by atoms with Crippen molar-refractivity contribution < 1.29 is 4.21 Å². The van der Waals surface area contributed by atoms with Crippen LogP contribution in [0.2, 0.25) is 0 Å². The molecule has 0 aromatic heterocycles. The Balaban J connectivity index is 1.78. The number of nitrogens with one attached hydrogen (secondary N) is 1. The number of anilines is 1. The fraction of sp³-hybridized carbons (Fsp3) is 0.391. The number of thiocarbonyl (C=S) groups is 1. The monoisotopic (exact) mass is 427 g/mol. The molecule has 2 atom stereocenters. The van der Waals surface area contributed by atoms with E-state index in [4.69, 9.17) is 17.2 Å². The van der Waals surface area contributed by atoms with Gasteiger partial charge in [-0.2, -0.15) is 0 Å². The summed E-state index contributed by atoms with van der Waals surface area (Å²) >= 11 is 5.56. The third kappa shape index (κ3) is 4.93. The summed E-state index contributed by atoms with van der Waals surface area (Å²) in [6, 6.07) is 18.1. The molecule has 2 aromatic carbocycles. The fourth-order valence-corrected chi connectivity index (χ4v) is 4.99. The van der Waals surface area contributed by atoms with Crippen LogP contribution in [0.4, 0.5) is 5.69 Å². The second-order valence-corrected chi connectivity index (χ2v) is 9.33. The van der Waals surface area contributed by atoms with Gasteiger partial charge in [0.25, 0.3) is 0 Å². The summed E-state index contributed by atoms with van der Waals surface area (Å²) in [5.41, 5.74) is 2.52. The summed E-state index contributed by atoms with van der Waals surface area (Å²) in [6.07, 6.45) is 3.57. The molecule has 0 aliphatic carbocycles. The number of amidine groups is 1. The van der Waals surface area contributed by atoms with E-state index in [1.54, 1.807) is 0 Å². The number of nitrogens with zero attached hydrogens (tertiary/aromatic N) is 2. The zero-order chi connectivity index (χ0) is 20.9. The van der Waals surface area contributed by atoms with Gasteiger partial charge in [0.1, 0.15) is 10.5 Å². The fourth-order valence-electron chi connectivity index (χ4n) is 3.50. The van der Waals surface area contributed by atoms with Crippen LogP contribution in [0.25, 0.3) is 0 Å². The molecule has 0 bridgehead atoms. The Hall–Kier alpha value is -2.05. The zero-order valence-corrected chi connectivity index (χ0v) is 19.0. The molecule has 1 N–H and O–H groups in total. The summed E-state index contributed by atoms with van der Waals surface area (Å²) in [5, 5.41) is 3.58. The first-order valence-corrected chi connectivity index (χ1v) is 11.8. The number of hydrogen-bond acceptors (Lipinski definition) is 4. The highest BCUT2D eigenvalue weighted by Crippen LogP contribution is 2.31. The van der Waals surface area contributed by atoms with Crippen LogP contribution in [-0.2, 0) is 22.1 Å². The van der Waals surface area contributed by atoms with Gasteiger partial charge in [-0.3, -0.25) is 4.21 Å². The predicted molar refractivity (Wildman–Crippen MR) is 128 cm³/mol. The van der Waals surface area contributed by atoms with Gasteiger partial charge < -0.3 is 10.2 Å². The highest BCUT2D eigenvalue weighted by molar-refractivity contribution is 8.00. The van der Waals surface area contributed by atoms with Crippen LogP contribution in [0.1, 0.15) is 44.2 Å². The van der Waals surface area contributed by atoms with Crippen molar-refractivity contribution in [2.24, 2.45) is 4.99 Å². The van der Waals surface area contributed by atoms with Gasteiger partial charge in [-0.05, 0) is 30.5 Å². The molecule has 0 saturated heterocycles. The number of para-hydroxylation sites is 1. The van der Waals surface area contributed by atoms with E-state index in [1.807, 2.05) is 55.5 Å². The largest absolute Gasteiger partial charge is 0.374 e. The summed E-state index contributed by atoms with van der Waals surface area (Å²) in [7, 11) is 0.805. The maximum Gasteiger partial charge on any atom is 0.194 e. The van der Waals surface area contributed by atoms with Crippen molar-refractivity contribution in [2.75, 3.05) is 18.5 Å². The third-order valence-corrected chi connectivity index (χ3v) is 7.02. The minimum Gasteiger partial charge on any atom is -0.374 e. The quantitative estimate of drug-likeness (QED) is 0.487. The Morgan fingerprint density at radius 3 is 2.52 bits per heavy atom. The molecule has 1 aliphatic rings. The molecule has 3 rings (SSSR count). The number of aliphatic imine (C=N–C) groups is 1. The number of benzene rings is 2. The van der Waals surface area contributed by atoms with Crippen LogP contribution in [0, 0.1) is 0 Å². The molecule has 1 heterocycles. The topological polar surface area (TPSA) is 44.7 Å². The predicted octanol–water partition coefficient (Wildman–Crippen LogP) is 4.76. The van der Waals surface area contributed by atoms with E-state index in [-0.39, 0.29) is 0 Å². The van der Waals surface area contributed by atoms with E-state index in [9.17, 15) is 4.21 Å². The van der Waals surface area contributed by atoms with Gasteiger partial charge in [0.15, 0.2) is 5.17 Å². The van der Waals surface area contributed by atoms with E-state index < -0.39 is 16.3 Å². The van der Waals surface area contributed by atoms with Crippen LogP contribution in [-0.4, -0.2) is 28.0 Å². The Labute approximate surface area is 181 Å². The number of hydrogen-bond donors (Lipinski definition) is 1. The lowest BCUT2D eigenvalue weighted by atomic mass is 9.93. The van der Waals surface area contributed by atoms with Crippen LogP contribution >= 0.6 is 12.2 Å². The Bertz CT molecular complexity index is 913. The molecule has 2 unspecified atom stereocenters. The second kappa shape index (κ2) is 9.63. The average Bonchev–Trinajstić information content (AvgIpc) is 3.05. The van der Waals surface area contributed by atoms with Crippen molar-refractivity contribution in [2.45, 2.75) is 44.4 Å². The van der Waals surface area contributed by atoms with E-state index in [0.717, 1.165) is 29.8 Å². The summed E-state index contributed by atoms with van der Waals surface area (Å²) < 4.78 is 13.2. The molecular weight excluding hydrogens is 398 g/mol. The normalized spacial score (nSPS) is 19.6. The van der Waals surface area contributed by atoms with Gasteiger partial charge in [-0.1, -0.05) is 80.5 Å². The standard InChI is InChI=1S/C23H29N3OS2/c1-4-5-11-16-26(3)20-15-10-9-12-18(20)17-29(27)22-24-21(28)23(2,25-22)19-13-7-6-8-14-19/h6-10,12-15H,4-5,11,16-17H2,1-3H3,(H,24,25,28). The molecule has 2 aromatic rings. The molecule has 0 amide bonds. The number of rotatable bonds is 8. The summed E-state index contributed by atoms with van der Waals surface area (Å²) in [5.74, 6) is 0.410. The molecule has 0 radical (unpaired) electrons. The third-order valence-electron chi connectivity index (χ3n) is 5.33. The molecule has 4 nitrogen and oxygen atoms in total. The molecule has 6 heteroatoms. The molecular formula is C23H29N3OS2. The van der Waals surface area contributed by atoms with Crippen molar-refractivity contribution in [3.8, 4) is 0 Å².